The molecule has 0 amide bonds. The van der Waals surface area contributed by atoms with Gasteiger partial charge in [0.2, 0.25) is 0 Å². The van der Waals surface area contributed by atoms with E-state index in [1.54, 1.807) is 7.11 Å². The van der Waals surface area contributed by atoms with Crippen molar-refractivity contribution in [3.05, 3.63) is 35.9 Å². The number of benzene rings is 1. The Hall–Kier alpha value is -0.900. The summed E-state index contributed by atoms with van der Waals surface area (Å²) in [5.74, 6) is 0.788. The van der Waals surface area contributed by atoms with Crippen LogP contribution in [0.15, 0.2) is 30.3 Å². The molecule has 2 rings (SSSR count). The van der Waals surface area contributed by atoms with Gasteiger partial charge in [-0.15, -0.1) is 0 Å². The lowest BCUT2D eigenvalue weighted by Gasteiger charge is -2.28. The summed E-state index contributed by atoms with van der Waals surface area (Å²) < 4.78 is 5.20. The number of hydrogen-bond acceptors (Lipinski definition) is 3. The maximum atomic E-state index is 10.7. The molecular weight excluding hydrogens is 226 g/mol. The van der Waals surface area contributed by atoms with E-state index in [1.165, 1.54) is 5.56 Å². The molecule has 0 radical (unpaired) electrons. The Morgan fingerprint density at radius 1 is 1.39 bits per heavy atom. The Kier molecular flexibility index (Phi) is 4.38. The van der Waals surface area contributed by atoms with Crippen LogP contribution in [-0.2, 0) is 4.74 Å². The number of rotatable bonds is 7. The Bertz CT molecular complexity index is 368. The topological polar surface area (TPSA) is 55.5 Å². The molecule has 0 aliphatic heterocycles. The molecule has 0 heterocycles. The highest BCUT2D eigenvalue weighted by atomic mass is 16.5. The van der Waals surface area contributed by atoms with Gasteiger partial charge in [-0.2, -0.15) is 0 Å². The average molecular weight is 249 g/mol. The predicted molar refractivity (Wildman–Crippen MR) is 72.4 cm³/mol. The standard InChI is InChI=1S/C15H23NO2/c1-18-11-15(17,8-5-9-16)14-10-13(14)12-6-3-2-4-7-12/h2-4,6-7,13-14,17H,5,8-11,16H2,1H3. The molecule has 0 saturated heterocycles. The van der Waals surface area contributed by atoms with Crippen molar-refractivity contribution < 1.29 is 9.84 Å². The summed E-state index contributed by atoms with van der Waals surface area (Å²) in [5, 5.41) is 10.7. The van der Waals surface area contributed by atoms with Gasteiger partial charge in [0, 0.05) is 7.11 Å². The zero-order valence-electron chi connectivity index (χ0n) is 11.0. The van der Waals surface area contributed by atoms with Crippen LogP contribution in [0.4, 0.5) is 0 Å². The molecule has 1 aliphatic carbocycles. The number of methoxy groups -OCH3 is 1. The normalized spacial score (nSPS) is 25.7. The molecule has 0 spiro atoms. The van der Waals surface area contributed by atoms with E-state index in [9.17, 15) is 5.11 Å². The Labute approximate surface area is 109 Å². The van der Waals surface area contributed by atoms with Gasteiger partial charge in [-0.05, 0) is 43.2 Å². The molecule has 1 aromatic rings. The molecule has 3 atom stereocenters. The molecule has 0 aromatic heterocycles. The fraction of sp³-hybridized carbons (Fsp3) is 0.600. The minimum Gasteiger partial charge on any atom is -0.387 e. The molecule has 1 saturated carbocycles. The highest BCUT2D eigenvalue weighted by Gasteiger charge is 2.51. The molecule has 0 bridgehead atoms. The summed E-state index contributed by atoms with van der Waals surface area (Å²) in [6.07, 6.45) is 2.62. The zero-order chi connectivity index (χ0) is 13.0. The van der Waals surface area contributed by atoms with Crippen molar-refractivity contribution in [1.29, 1.82) is 0 Å². The van der Waals surface area contributed by atoms with Crippen molar-refractivity contribution in [3.63, 3.8) is 0 Å². The summed E-state index contributed by atoms with van der Waals surface area (Å²) in [5.41, 5.74) is 6.16. The van der Waals surface area contributed by atoms with Crippen molar-refractivity contribution in [3.8, 4) is 0 Å². The van der Waals surface area contributed by atoms with Crippen molar-refractivity contribution >= 4 is 0 Å². The van der Waals surface area contributed by atoms with Gasteiger partial charge in [-0.1, -0.05) is 30.3 Å². The van der Waals surface area contributed by atoms with Crippen LogP contribution in [0, 0.1) is 5.92 Å². The predicted octanol–water partition coefficient (Wildman–Crippen LogP) is 1.91. The molecule has 3 nitrogen and oxygen atoms in total. The van der Waals surface area contributed by atoms with Crippen LogP contribution in [0.1, 0.15) is 30.7 Å². The SMILES string of the molecule is COCC(O)(CCCN)C1CC1c1ccccc1. The first kappa shape index (κ1) is 13.5. The van der Waals surface area contributed by atoms with Gasteiger partial charge < -0.3 is 15.6 Å². The van der Waals surface area contributed by atoms with Crippen LogP contribution in [0.25, 0.3) is 0 Å². The molecule has 18 heavy (non-hydrogen) atoms. The van der Waals surface area contributed by atoms with Gasteiger partial charge >= 0.3 is 0 Å². The second kappa shape index (κ2) is 5.83. The van der Waals surface area contributed by atoms with Crippen LogP contribution in [0.3, 0.4) is 0 Å². The van der Waals surface area contributed by atoms with Crippen LogP contribution in [-0.4, -0.2) is 31.0 Å². The maximum absolute atomic E-state index is 10.7. The highest BCUT2D eigenvalue weighted by Crippen LogP contribution is 2.54. The molecule has 3 heteroatoms. The summed E-state index contributed by atoms with van der Waals surface area (Å²) in [7, 11) is 1.65. The Balaban J connectivity index is 2.02. The van der Waals surface area contributed by atoms with E-state index < -0.39 is 5.60 Å². The van der Waals surface area contributed by atoms with Crippen molar-refractivity contribution in [2.24, 2.45) is 11.7 Å². The number of ether oxygens (including phenoxy) is 1. The summed E-state index contributed by atoms with van der Waals surface area (Å²) in [6, 6.07) is 10.4. The number of nitrogens with two attached hydrogens (primary N) is 1. The molecule has 100 valence electrons. The third kappa shape index (κ3) is 2.91. The Morgan fingerprint density at radius 3 is 2.72 bits per heavy atom. The second-order valence-electron chi connectivity index (χ2n) is 5.29. The molecule has 1 aromatic carbocycles. The monoisotopic (exact) mass is 249 g/mol. The van der Waals surface area contributed by atoms with Gasteiger partial charge in [0.05, 0.1) is 12.2 Å². The van der Waals surface area contributed by atoms with Gasteiger partial charge in [-0.25, -0.2) is 0 Å². The number of hydrogen-bond donors (Lipinski definition) is 2. The lowest BCUT2D eigenvalue weighted by atomic mass is 9.90. The smallest absolute Gasteiger partial charge is 0.0914 e. The minimum absolute atomic E-state index is 0.311. The largest absolute Gasteiger partial charge is 0.387 e. The number of aliphatic hydroxyl groups is 1. The summed E-state index contributed by atoms with van der Waals surface area (Å²) in [4.78, 5) is 0. The van der Waals surface area contributed by atoms with Gasteiger partial charge in [-0.3, -0.25) is 0 Å². The van der Waals surface area contributed by atoms with E-state index >= 15 is 0 Å². The molecule has 1 aliphatic rings. The van der Waals surface area contributed by atoms with E-state index in [1.807, 2.05) is 6.07 Å². The molecular formula is C15H23NO2. The van der Waals surface area contributed by atoms with Crippen LogP contribution >= 0.6 is 0 Å². The third-order valence-corrected chi connectivity index (χ3v) is 3.92. The quantitative estimate of drug-likeness (QED) is 0.776. The van der Waals surface area contributed by atoms with Crippen LogP contribution in [0.5, 0.6) is 0 Å². The maximum Gasteiger partial charge on any atom is 0.0914 e. The lowest BCUT2D eigenvalue weighted by Crippen LogP contribution is -2.37. The van der Waals surface area contributed by atoms with E-state index in [0.29, 0.717) is 25.0 Å². The van der Waals surface area contributed by atoms with E-state index in [0.717, 1.165) is 19.3 Å². The Morgan fingerprint density at radius 2 is 2.11 bits per heavy atom. The summed E-state index contributed by atoms with van der Waals surface area (Å²) >= 11 is 0. The van der Waals surface area contributed by atoms with Crippen molar-refractivity contribution in [1.82, 2.24) is 0 Å². The van der Waals surface area contributed by atoms with Gasteiger partial charge in [0.15, 0.2) is 0 Å². The summed E-state index contributed by atoms with van der Waals surface area (Å²) in [6.45, 7) is 1.02. The first-order valence-corrected chi connectivity index (χ1v) is 6.67. The highest BCUT2D eigenvalue weighted by molar-refractivity contribution is 5.27. The van der Waals surface area contributed by atoms with E-state index in [4.69, 9.17) is 10.5 Å². The second-order valence-corrected chi connectivity index (χ2v) is 5.29. The molecule has 3 N–H and O–H groups in total. The van der Waals surface area contributed by atoms with Gasteiger partial charge in [0.1, 0.15) is 0 Å². The fourth-order valence-electron chi connectivity index (χ4n) is 2.88. The first-order valence-electron chi connectivity index (χ1n) is 6.67. The van der Waals surface area contributed by atoms with E-state index in [2.05, 4.69) is 24.3 Å². The fourth-order valence-corrected chi connectivity index (χ4v) is 2.88. The van der Waals surface area contributed by atoms with E-state index in [-0.39, 0.29) is 0 Å². The third-order valence-electron chi connectivity index (χ3n) is 3.92. The van der Waals surface area contributed by atoms with Crippen LogP contribution in [0.2, 0.25) is 0 Å². The molecule has 3 unspecified atom stereocenters. The van der Waals surface area contributed by atoms with Gasteiger partial charge in [0.25, 0.3) is 0 Å². The van der Waals surface area contributed by atoms with Crippen molar-refractivity contribution in [2.75, 3.05) is 20.3 Å². The minimum atomic E-state index is -0.714. The molecule has 1 fully saturated rings. The zero-order valence-corrected chi connectivity index (χ0v) is 11.0. The lowest BCUT2D eigenvalue weighted by molar-refractivity contribution is -0.0559. The first-order chi connectivity index (χ1) is 8.71. The van der Waals surface area contributed by atoms with Crippen molar-refractivity contribution in [2.45, 2.75) is 30.8 Å². The van der Waals surface area contributed by atoms with Crippen LogP contribution < -0.4 is 5.73 Å². The average Bonchev–Trinajstić information content (AvgIpc) is 3.19.